The topological polar surface area (TPSA) is 169 Å². The Morgan fingerprint density at radius 1 is 1.02 bits per heavy atom. The van der Waals surface area contributed by atoms with Crippen LogP contribution in [-0.2, 0) is 21.9 Å². The van der Waals surface area contributed by atoms with Crippen LogP contribution in [0.3, 0.4) is 0 Å². The fraction of sp³-hybridized carbons (Fsp3) is 0.600. The van der Waals surface area contributed by atoms with Gasteiger partial charge in [-0.25, -0.2) is 12.7 Å². The molecule has 2 fully saturated rings. The second-order valence-corrected chi connectivity index (χ2v) is 13.9. The summed E-state index contributed by atoms with van der Waals surface area (Å²) < 4.78 is 26.9. The van der Waals surface area contributed by atoms with E-state index in [4.69, 9.17) is 5.73 Å². The zero-order chi connectivity index (χ0) is 31.1. The number of aryl methyl sites for hydroxylation is 1. The number of nitrogen functional groups attached to an aromatic ring is 1. The molecule has 2 unspecified atom stereocenters. The van der Waals surface area contributed by atoms with Gasteiger partial charge in [0.15, 0.2) is 0 Å². The molecule has 1 aliphatic heterocycles. The molecule has 4 rings (SSSR count). The van der Waals surface area contributed by atoms with Crippen molar-refractivity contribution in [3.8, 4) is 0 Å². The summed E-state index contributed by atoms with van der Waals surface area (Å²) in [5.74, 6) is -0.183. The molecule has 1 aromatic carbocycles. The van der Waals surface area contributed by atoms with E-state index >= 15 is 0 Å². The normalized spacial score (nSPS) is 19.7. The molecule has 13 heteroatoms. The van der Waals surface area contributed by atoms with Crippen molar-refractivity contribution >= 4 is 33.6 Å². The van der Waals surface area contributed by atoms with Crippen molar-refractivity contribution in [3.63, 3.8) is 0 Å². The van der Waals surface area contributed by atoms with E-state index in [2.05, 4.69) is 21.0 Å². The molecule has 2 heterocycles. The van der Waals surface area contributed by atoms with E-state index in [0.29, 0.717) is 42.9 Å². The molecule has 1 aliphatic carbocycles. The van der Waals surface area contributed by atoms with E-state index in [1.165, 1.54) is 40.7 Å². The highest BCUT2D eigenvalue weighted by molar-refractivity contribution is 7.88. The number of hydrogen-bond donors (Lipinski definition) is 4. The number of piperidine rings is 1. The van der Waals surface area contributed by atoms with Gasteiger partial charge in [-0.15, -0.1) is 0 Å². The number of sulfonamides is 1. The lowest BCUT2D eigenvalue weighted by Crippen LogP contribution is -2.54. The first-order valence-electron chi connectivity index (χ1n) is 15.2. The summed E-state index contributed by atoms with van der Waals surface area (Å²) in [5.41, 5.74) is 7.40. The molecule has 5 N–H and O–H groups in total. The standard InChI is InChI=1S/C30H45N7O5S/c1-20(33-29(39)25-18-32-36(2)27(25)31)22-12-14-23(15-13-22)28(38)35-26(16-11-21-8-5-4-6-9-21)30(40)34-24-10-7-17-37(19-24)43(3,41)42/h12-15,18,20-21,24,26H,4-11,16-17,19,31H2,1-3H3,(H,33,39)(H,34,40)(H,35,38)/t20?,24?,26-/m0/s1. The van der Waals surface area contributed by atoms with Crippen LogP contribution in [0.5, 0.6) is 0 Å². The van der Waals surface area contributed by atoms with Gasteiger partial charge in [-0.2, -0.15) is 5.10 Å². The first kappa shape index (κ1) is 32.5. The lowest BCUT2D eigenvalue weighted by Gasteiger charge is -2.32. The van der Waals surface area contributed by atoms with Gasteiger partial charge in [-0.05, 0) is 56.2 Å². The number of carbonyl (C=O) groups is 3. The number of amides is 3. The third-order valence-electron chi connectivity index (χ3n) is 8.66. The van der Waals surface area contributed by atoms with Crippen molar-refractivity contribution in [2.75, 3.05) is 25.1 Å². The molecule has 0 bridgehead atoms. The van der Waals surface area contributed by atoms with Crippen molar-refractivity contribution in [3.05, 3.63) is 47.2 Å². The van der Waals surface area contributed by atoms with Crippen molar-refractivity contribution in [1.29, 1.82) is 0 Å². The minimum Gasteiger partial charge on any atom is -0.383 e. The molecule has 1 saturated carbocycles. The van der Waals surface area contributed by atoms with E-state index in [1.807, 2.05) is 6.92 Å². The Morgan fingerprint density at radius 2 is 1.72 bits per heavy atom. The van der Waals surface area contributed by atoms with Crippen molar-refractivity contribution in [2.45, 2.75) is 82.8 Å². The maximum atomic E-state index is 13.4. The Labute approximate surface area is 254 Å². The predicted octanol–water partition coefficient (Wildman–Crippen LogP) is 2.49. The number of nitrogens with zero attached hydrogens (tertiary/aromatic N) is 3. The number of nitrogens with one attached hydrogen (secondary N) is 3. The van der Waals surface area contributed by atoms with E-state index in [0.717, 1.165) is 24.8 Å². The van der Waals surface area contributed by atoms with Crippen LogP contribution in [-0.4, -0.2) is 71.7 Å². The van der Waals surface area contributed by atoms with E-state index in [9.17, 15) is 22.8 Å². The number of rotatable bonds is 11. The van der Waals surface area contributed by atoms with Crippen LogP contribution in [0.15, 0.2) is 30.5 Å². The molecule has 3 amide bonds. The van der Waals surface area contributed by atoms with Crippen molar-refractivity contribution in [2.24, 2.45) is 13.0 Å². The highest BCUT2D eigenvalue weighted by Crippen LogP contribution is 2.28. The first-order valence-corrected chi connectivity index (χ1v) is 17.0. The molecule has 2 aromatic rings. The summed E-state index contributed by atoms with van der Waals surface area (Å²) in [6.45, 7) is 2.52. The molecule has 43 heavy (non-hydrogen) atoms. The third kappa shape index (κ3) is 8.79. The molecule has 0 radical (unpaired) electrons. The summed E-state index contributed by atoms with van der Waals surface area (Å²) in [5, 5.41) is 12.8. The molecule has 1 aromatic heterocycles. The average Bonchev–Trinajstić information content (AvgIpc) is 3.33. The molecular formula is C30H45N7O5S. The Bertz CT molecular complexity index is 1390. The van der Waals surface area contributed by atoms with Gasteiger partial charge in [-0.3, -0.25) is 19.1 Å². The summed E-state index contributed by atoms with van der Waals surface area (Å²) in [7, 11) is -1.69. The van der Waals surface area contributed by atoms with Gasteiger partial charge in [-0.1, -0.05) is 44.2 Å². The van der Waals surface area contributed by atoms with E-state index in [-0.39, 0.29) is 42.2 Å². The Morgan fingerprint density at radius 3 is 2.35 bits per heavy atom. The van der Waals surface area contributed by atoms with Crippen LogP contribution in [0.1, 0.15) is 97.0 Å². The fourth-order valence-corrected chi connectivity index (χ4v) is 6.87. The number of anilines is 1. The summed E-state index contributed by atoms with van der Waals surface area (Å²) in [6.07, 6.45) is 11.2. The average molecular weight is 616 g/mol. The molecule has 2 aliphatic rings. The van der Waals surface area contributed by atoms with Crippen molar-refractivity contribution in [1.82, 2.24) is 30.0 Å². The summed E-state index contributed by atoms with van der Waals surface area (Å²) in [4.78, 5) is 39.4. The Balaban J connectivity index is 1.39. The largest absolute Gasteiger partial charge is 0.383 e. The predicted molar refractivity (Wildman–Crippen MR) is 165 cm³/mol. The summed E-state index contributed by atoms with van der Waals surface area (Å²) in [6, 6.07) is 5.51. The van der Waals surface area contributed by atoms with Crippen LogP contribution in [0.2, 0.25) is 0 Å². The number of aromatic nitrogens is 2. The van der Waals surface area contributed by atoms with Crippen LogP contribution in [0, 0.1) is 5.92 Å². The van der Waals surface area contributed by atoms with Gasteiger partial charge >= 0.3 is 0 Å². The quantitative estimate of drug-likeness (QED) is 0.301. The van der Waals surface area contributed by atoms with E-state index < -0.39 is 16.1 Å². The zero-order valence-corrected chi connectivity index (χ0v) is 26.2. The monoisotopic (exact) mass is 615 g/mol. The van der Waals surface area contributed by atoms with Crippen molar-refractivity contribution < 1.29 is 22.8 Å². The molecule has 12 nitrogen and oxygen atoms in total. The van der Waals surface area contributed by atoms with Crippen LogP contribution < -0.4 is 21.7 Å². The minimum absolute atomic E-state index is 0.234. The molecule has 3 atom stereocenters. The van der Waals surface area contributed by atoms with Gasteiger partial charge in [0, 0.05) is 31.7 Å². The highest BCUT2D eigenvalue weighted by Gasteiger charge is 2.30. The van der Waals surface area contributed by atoms with E-state index in [1.54, 1.807) is 31.3 Å². The molecular weight excluding hydrogens is 570 g/mol. The van der Waals surface area contributed by atoms with Crippen LogP contribution in [0.25, 0.3) is 0 Å². The first-order chi connectivity index (χ1) is 20.4. The SMILES string of the molecule is CC(NC(=O)c1cnn(C)c1N)c1ccc(C(=O)N[C@@H](CCC2CCCCC2)C(=O)NC2CCCN(S(C)(=O)=O)C2)cc1. The summed E-state index contributed by atoms with van der Waals surface area (Å²) >= 11 is 0. The second kappa shape index (κ2) is 14.3. The number of hydrogen-bond acceptors (Lipinski definition) is 7. The Hall–Kier alpha value is -3.45. The highest BCUT2D eigenvalue weighted by atomic mass is 32.2. The lowest BCUT2D eigenvalue weighted by molar-refractivity contribution is -0.124. The van der Waals surface area contributed by atoms with Crippen LogP contribution >= 0.6 is 0 Å². The number of benzene rings is 1. The minimum atomic E-state index is -3.35. The Kier molecular flexibility index (Phi) is 10.8. The number of carbonyl (C=O) groups excluding carboxylic acids is 3. The fourth-order valence-electron chi connectivity index (χ4n) is 5.95. The molecule has 0 spiro atoms. The van der Waals surface area contributed by atoms with Gasteiger partial charge in [0.25, 0.3) is 11.8 Å². The molecule has 236 valence electrons. The maximum Gasteiger partial charge on any atom is 0.257 e. The second-order valence-electron chi connectivity index (χ2n) is 12.0. The smallest absolute Gasteiger partial charge is 0.257 e. The van der Waals surface area contributed by atoms with Gasteiger partial charge < -0.3 is 21.7 Å². The number of nitrogens with two attached hydrogens (primary N) is 1. The molecule has 1 saturated heterocycles. The maximum absolute atomic E-state index is 13.4. The lowest BCUT2D eigenvalue weighted by atomic mass is 9.85. The van der Waals surface area contributed by atoms with Gasteiger partial charge in [0.2, 0.25) is 15.9 Å². The van der Waals surface area contributed by atoms with Gasteiger partial charge in [0.05, 0.1) is 18.5 Å². The third-order valence-corrected chi connectivity index (χ3v) is 9.93. The van der Waals surface area contributed by atoms with Gasteiger partial charge in [0.1, 0.15) is 17.4 Å². The zero-order valence-electron chi connectivity index (χ0n) is 25.3. The van der Waals surface area contributed by atoms with Crippen LogP contribution in [0.4, 0.5) is 5.82 Å².